The van der Waals surface area contributed by atoms with Gasteiger partial charge in [0.15, 0.2) is 0 Å². The molecule has 17 nitrogen and oxygen atoms in total. The standard InChI is InChI=1S/C32H54N8O9/c1-16(2)15-21(38-29(45)25(34)17(3)4)31(47)40-14-8-9-22(40)27(43)35-18(5)26(42)36-19(6)30(46)39-13-7-10-23(39)28(44)37-20(32(48)49)11-12-24(33)41/h16-23,25H,7-15,34H2,1-6H3,(H2,33,41)(H,35,43)(H,36,42)(H,37,44)(H,38,45)(H,48,49)/t18-,19-,20-,21-,22-,23-,25-/m0/s1. The molecule has 0 aromatic rings. The summed E-state index contributed by atoms with van der Waals surface area (Å²) in [6.45, 7) is 10.8. The molecule has 9 N–H and O–H groups in total. The average Bonchev–Trinajstić information content (AvgIpc) is 3.71. The molecular weight excluding hydrogens is 640 g/mol. The summed E-state index contributed by atoms with van der Waals surface area (Å²) in [5.74, 6) is -5.49. The highest BCUT2D eigenvalue weighted by Crippen LogP contribution is 2.22. The molecule has 276 valence electrons. The number of nitrogens with one attached hydrogen (secondary N) is 4. The summed E-state index contributed by atoms with van der Waals surface area (Å²) in [7, 11) is 0. The third-order valence-electron chi connectivity index (χ3n) is 8.79. The summed E-state index contributed by atoms with van der Waals surface area (Å²) in [4.78, 5) is 104. The van der Waals surface area contributed by atoms with E-state index in [2.05, 4.69) is 21.3 Å². The Labute approximate surface area is 287 Å². The summed E-state index contributed by atoms with van der Waals surface area (Å²) >= 11 is 0. The van der Waals surface area contributed by atoms with Crippen molar-refractivity contribution in [1.29, 1.82) is 0 Å². The highest BCUT2D eigenvalue weighted by Gasteiger charge is 2.40. The van der Waals surface area contributed by atoms with Crippen LogP contribution in [0.1, 0.15) is 86.5 Å². The molecule has 7 amide bonds. The van der Waals surface area contributed by atoms with Crippen LogP contribution in [0.5, 0.6) is 0 Å². The molecule has 0 aromatic heterocycles. The Kier molecular flexibility index (Phi) is 15.4. The van der Waals surface area contributed by atoms with Crippen LogP contribution in [-0.4, -0.2) is 118 Å². The Balaban J connectivity index is 2.01. The van der Waals surface area contributed by atoms with Crippen molar-refractivity contribution in [1.82, 2.24) is 31.1 Å². The van der Waals surface area contributed by atoms with Crippen LogP contribution in [0.4, 0.5) is 0 Å². The molecule has 0 radical (unpaired) electrons. The topological polar surface area (TPSA) is 263 Å². The maximum Gasteiger partial charge on any atom is 0.326 e. The highest BCUT2D eigenvalue weighted by molar-refractivity contribution is 5.97. The number of carbonyl (C=O) groups is 8. The predicted octanol–water partition coefficient (Wildman–Crippen LogP) is -1.67. The minimum atomic E-state index is -1.37. The zero-order valence-electron chi connectivity index (χ0n) is 29.3. The lowest BCUT2D eigenvalue weighted by molar-refractivity contribution is -0.145. The van der Waals surface area contributed by atoms with E-state index in [0.29, 0.717) is 32.2 Å². The molecule has 0 bridgehead atoms. The molecule has 0 saturated carbocycles. The molecule has 17 heteroatoms. The van der Waals surface area contributed by atoms with Crippen molar-refractivity contribution in [3.63, 3.8) is 0 Å². The van der Waals surface area contributed by atoms with E-state index in [9.17, 15) is 43.5 Å². The average molecular weight is 695 g/mol. The number of hydrogen-bond donors (Lipinski definition) is 7. The first kappa shape index (κ1) is 40.9. The number of carboxylic acid groups (broad SMARTS) is 1. The molecule has 2 aliphatic heterocycles. The monoisotopic (exact) mass is 694 g/mol. The summed E-state index contributed by atoms with van der Waals surface area (Å²) in [5, 5.41) is 19.7. The fourth-order valence-corrected chi connectivity index (χ4v) is 5.91. The molecule has 0 aliphatic carbocycles. The quantitative estimate of drug-likeness (QED) is 0.0910. The van der Waals surface area contributed by atoms with Gasteiger partial charge in [-0.25, -0.2) is 4.79 Å². The number of rotatable bonds is 17. The van der Waals surface area contributed by atoms with Crippen LogP contribution in [-0.2, 0) is 38.4 Å². The Hall–Kier alpha value is -4.28. The van der Waals surface area contributed by atoms with Crippen molar-refractivity contribution >= 4 is 47.3 Å². The number of carbonyl (C=O) groups excluding carboxylic acids is 7. The van der Waals surface area contributed by atoms with Crippen LogP contribution in [0.2, 0.25) is 0 Å². The first-order valence-electron chi connectivity index (χ1n) is 16.9. The molecule has 2 heterocycles. The van der Waals surface area contributed by atoms with Gasteiger partial charge in [0.25, 0.3) is 0 Å². The number of nitrogens with zero attached hydrogens (tertiary/aromatic N) is 2. The third kappa shape index (κ3) is 11.7. The fourth-order valence-electron chi connectivity index (χ4n) is 5.91. The van der Waals surface area contributed by atoms with Crippen LogP contribution in [0, 0.1) is 11.8 Å². The minimum absolute atomic E-state index is 0.0629. The molecule has 2 aliphatic rings. The second-order valence-corrected chi connectivity index (χ2v) is 13.7. The lowest BCUT2D eigenvalue weighted by atomic mass is 10.00. The zero-order chi connectivity index (χ0) is 37.2. The maximum atomic E-state index is 13.6. The van der Waals surface area contributed by atoms with Crippen LogP contribution in [0.25, 0.3) is 0 Å². The molecule has 2 saturated heterocycles. The van der Waals surface area contributed by atoms with E-state index in [-0.39, 0.29) is 37.6 Å². The summed E-state index contributed by atoms with van der Waals surface area (Å²) < 4.78 is 0. The van der Waals surface area contributed by atoms with Crippen LogP contribution >= 0.6 is 0 Å². The number of amides is 7. The lowest BCUT2D eigenvalue weighted by Gasteiger charge is -2.31. The van der Waals surface area contributed by atoms with Gasteiger partial charge in [-0.2, -0.15) is 0 Å². The van der Waals surface area contributed by atoms with E-state index in [1.54, 1.807) is 13.8 Å². The maximum absolute atomic E-state index is 13.6. The van der Waals surface area contributed by atoms with Crippen LogP contribution in [0.3, 0.4) is 0 Å². The number of likely N-dealkylation sites (tertiary alicyclic amines) is 2. The third-order valence-corrected chi connectivity index (χ3v) is 8.79. The van der Waals surface area contributed by atoms with Crippen LogP contribution < -0.4 is 32.7 Å². The smallest absolute Gasteiger partial charge is 0.326 e. The Morgan fingerprint density at radius 2 is 1.24 bits per heavy atom. The fraction of sp³-hybridized carbons (Fsp3) is 0.750. The second-order valence-electron chi connectivity index (χ2n) is 13.7. The Morgan fingerprint density at radius 1 is 0.714 bits per heavy atom. The van der Waals surface area contributed by atoms with E-state index >= 15 is 0 Å². The SMILES string of the molecule is CC(C)C[C@H](NC(=O)[C@@H](N)C(C)C)C(=O)N1CCC[C@H]1C(=O)N[C@@H](C)C(=O)N[C@@H](C)C(=O)N1CCC[C@H]1C(=O)N[C@@H](CCC(N)=O)C(=O)O. The molecule has 49 heavy (non-hydrogen) atoms. The molecule has 0 unspecified atom stereocenters. The van der Waals surface area contributed by atoms with Crippen molar-refractivity contribution < 1.29 is 43.5 Å². The first-order valence-corrected chi connectivity index (χ1v) is 16.9. The molecule has 0 spiro atoms. The van der Waals surface area contributed by atoms with Gasteiger partial charge in [0, 0.05) is 19.5 Å². The second kappa shape index (κ2) is 18.5. The molecular formula is C32H54N8O9. The molecule has 7 atom stereocenters. The van der Waals surface area contributed by atoms with Gasteiger partial charge in [0.2, 0.25) is 41.4 Å². The van der Waals surface area contributed by atoms with Gasteiger partial charge in [-0.3, -0.25) is 33.6 Å². The van der Waals surface area contributed by atoms with Crippen molar-refractivity contribution in [3.8, 4) is 0 Å². The van der Waals surface area contributed by atoms with Gasteiger partial charge in [-0.05, 0) is 64.2 Å². The lowest BCUT2D eigenvalue weighted by Crippen LogP contribution is -2.58. The number of hydrogen-bond acceptors (Lipinski definition) is 9. The van der Waals surface area contributed by atoms with Gasteiger partial charge >= 0.3 is 5.97 Å². The first-order chi connectivity index (χ1) is 22.8. The van der Waals surface area contributed by atoms with E-state index in [4.69, 9.17) is 11.5 Å². The largest absolute Gasteiger partial charge is 0.480 e. The van der Waals surface area contributed by atoms with E-state index in [0.717, 1.165) is 0 Å². The summed E-state index contributed by atoms with van der Waals surface area (Å²) in [6.07, 6.45) is 1.55. The van der Waals surface area contributed by atoms with Gasteiger partial charge in [0.1, 0.15) is 36.3 Å². The summed E-state index contributed by atoms with van der Waals surface area (Å²) in [6, 6.07) is -7.06. The van der Waals surface area contributed by atoms with Gasteiger partial charge in [0.05, 0.1) is 6.04 Å². The molecule has 2 rings (SSSR count). The van der Waals surface area contributed by atoms with Gasteiger partial charge in [-0.15, -0.1) is 0 Å². The molecule has 0 aromatic carbocycles. The van der Waals surface area contributed by atoms with Gasteiger partial charge in [-0.1, -0.05) is 27.7 Å². The van der Waals surface area contributed by atoms with Crippen molar-refractivity contribution in [3.05, 3.63) is 0 Å². The van der Waals surface area contributed by atoms with Crippen molar-refractivity contribution in [2.24, 2.45) is 23.3 Å². The zero-order valence-corrected chi connectivity index (χ0v) is 29.3. The van der Waals surface area contributed by atoms with E-state index in [1.165, 1.54) is 23.6 Å². The predicted molar refractivity (Wildman–Crippen MR) is 177 cm³/mol. The number of aliphatic carboxylic acids is 1. The van der Waals surface area contributed by atoms with Gasteiger partial charge < -0.3 is 47.6 Å². The summed E-state index contributed by atoms with van der Waals surface area (Å²) in [5.41, 5.74) is 11.1. The van der Waals surface area contributed by atoms with Crippen molar-refractivity contribution in [2.45, 2.75) is 129 Å². The Bertz CT molecular complexity index is 1260. The number of nitrogens with two attached hydrogens (primary N) is 2. The molecule has 2 fully saturated rings. The number of primary amides is 1. The Morgan fingerprint density at radius 3 is 1.73 bits per heavy atom. The minimum Gasteiger partial charge on any atom is -0.480 e. The normalized spacial score (nSPS) is 20.6. The number of carboxylic acids is 1. The van der Waals surface area contributed by atoms with Crippen molar-refractivity contribution in [2.75, 3.05) is 13.1 Å². The van der Waals surface area contributed by atoms with Crippen LogP contribution in [0.15, 0.2) is 0 Å². The highest BCUT2D eigenvalue weighted by atomic mass is 16.4. The van der Waals surface area contributed by atoms with E-state index in [1.807, 2.05) is 13.8 Å². The van der Waals surface area contributed by atoms with E-state index < -0.39 is 89.6 Å².